The molecular weight excluding hydrogens is 346 g/mol. The van der Waals surface area contributed by atoms with E-state index in [1.165, 1.54) is 16.7 Å². The van der Waals surface area contributed by atoms with E-state index in [4.69, 9.17) is 0 Å². The van der Waals surface area contributed by atoms with Gasteiger partial charge in [0, 0.05) is 60.4 Å². The average Bonchev–Trinajstić information content (AvgIpc) is 3.34. The van der Waals surface area contributed by atoms with Gasteiger partial charge in [0.1, 0.15) is 0 Å². The van der Waals surface area contributed by atoms with Gasteiger partial charge in [-0.2, -0.15) is 0 Å². The Morgan fingerprint density at radius 2 is 1.79 bits per heavy atom. The second kappa shape index (κ2) is 6.71. The molecule has 5 rings (SSSR count). The Morgan fingerprint density at radius 1 is 0.964 bits per heavy atom. The third-order valence-electron chi connectivity index (χ3n) is 5.53. The van der Waals surface area contributed by atoms with Crippen molar-refractivity contribution in [3.8, 4) is 11.1 Å². The van der Waals surface area contributed by atoms with Crippen molar-refractivity contribution in [3.05, 3.63) is 83.4 Å². The van der Waals surface area contributed by atoms with E-state index in [-0.39, 0.29) is 5.91 Å². The van der Waals surface area contributed by atoms with E-state index in [0.717, 1.165) is 47.5 Å². The lowest BCUT2D eigenvalue weighted by Gasteiger charge is -2.16. The minimum atomic E-state index is 0.215. The number of pyridine rings is 2. The van der Waals surface area contributed by atoms with Crippen LogP contribution in [0.25, 0.3) is 16.7 Å². The smallest absolute Gasteiger partial charge is 0.227 e. The maximum atomic E-state index is 12.0. The van der Waals surface area contributed by atoms with E-state index in [9.17, 15) is 4.79 Å². The summed E-state index contributed by atoms with van der Waals surface area (Å²) in [5.41, 5.74) is 8.99. The fourth-order valence-electron chi connectivity index (χ4n) is 4.08. The molecule has 1 aliphatic heterocycles. The van der Waals surface area contributed by atoms with Crippen LogP contribution in [0.15, 0.2) is 61.1 Å². The molecule has 0 spiro atoms. The number of hydrogen-bond acceptors (Lipinski definition) is 3. The van der Waals surface area contributed by atoms with Gasteiger partial charge in [-0.15, -0.1) is 0 Å². The van der Waals surface area contributed by atoms with Crippen LogP contribution in [0.4, 0.5) is 5.69 Å². The monoisotopic (exact) mass is 367 g/mol. The van der Waals surface area contributed by atoms with Crippen molar-refractivity contribution in [1.29, 1.82) is 0 Å². The minimum absolute atomic E-state index is 0.215. The largest absolute Gasteiger partial charge is 0.312 e. The molecule has 1 aliphatic carbocycles. The predicted octanol–water partition coefficient (Wildman–Crippen LogP) is 4.57. The minimum Gasteiger partial charge on any atom is -0.312 e. The summed E-state index contributed by atoms with van der Waals surface area (Å²) in [6.45, 7) is 2.89. The number of amides is 1. The first kappa shape index (κ1) is 16.9. The highest BCUT2D eigenvalue weighted by molar-refractivity contribution is 5.95. The molecule has 0 unspecified atom stereocenters. The van der Waals surface area contributed by atoms with Crippen LogP contribution in [-0.4, -0.2) is 22.4 Å². The molecule has 1 amide bonds. The number of rotatable bonds is 3. The highest BCUT2D eigenvalue weighted by atomic mass is 16.2. The zero-order valence-corrected chi connectivity index (χ0v) is 15.9. The molecular formula is C24H21N3O. The summed E-state index contributed by atoms with van der Waals surface area (Å²) < 4.78 is 0. The summed E-state index contributed by atoms with van der Waals surface area (Å²) >= 11 is 0. The quantitative estimate of drug-likeness (QED) is 0.681. The fraction of sp³-hybridized carbons (Fsp3) is 0.208. The lowest BCUT2D eigenvalue weighted by atomic mass is 9.98. The number of hydrogen-bond donors (Lipinski definition) is 0. The van der Waals surface area contributed by atoms with Crippen molar-refractivity contribution < 1.29 is 4.79 Å². The normalized spacial score (nSPS) is 15.7. The Labute approximate surface area is 164 Å². The second-order valence-corrected chi connectivity index (χ2v) is 7.49. The number of fused-ring (bicyclic) bond motifs is 1. The summed E-state index contributed by atoms with van der Waals surface area (Å²) in [6.07, 6.45) is 10.4. The zero-order chi connectivity index (χ0) is 19.1. The molecule has 0 bridgehead atoms. The Balaban J connectivity index is 1.46. The number of aromatic nitrogens is 2. The summed E-state index contributed by atoms with van der Waals surface area (Å²) in [6, 6.07) is 12.6. The molecule has 3 aromatic rings. The molecule has 2 aromatic heterocycles. The molecule has 0 saturated carbocycles. The van der Waals surface area contributed by atoms with Gasteiger partial charge in [0.25, 0.3) is 0 Å². The maximum Gasteiger partial charge on any atom is 0.227 e. The number of carbonyl (C=O) groups excluding carboxylic acids is 1. The Kier molecular flexibility index (Phi) is 4.05. The van der Waals surface area contributed by atoms with Gasteiger partial charge < -0.3 is 4.90 Å². The molecule has 0 atom stereocenters. The van der Waals surface area contributed by atoms with E-state index in [2.05, 4.69) is 47.2 Å². The summed E-state index contributed by atoms with van der Waals surface area (Å²) in [7, 11) is 0. The van der Waals surface area contributed by atoms with Crippen molar-refractivity contribution in [3.63, 3.8) is 0 Å². The highest BCUT2D eigenvalue weighted by Crippen LogP contribution is 2.34. The Hall–Kier alpha value is -3.27. The number of carbonyl (C=O) groups is 1. The van der Waals surface area contributed by atoms with E-state index < -0.39 is 0 Å². The van der Waals surface area contributed by atoms with E-state index in [1.54, 1.807) is 0 Å². The third-order valence-corrected chi connectivity index (χ3v) is 5.53. The zero-order valence-electron chi connectivity index (χ0n) is 15.9. The van der Waals surface area contributed by atoms with Gasteiger partial charge >= 0.3 is 0 Å². The predicted molar refractivity (Wildman–Crippen MR) is 111 cm³/mol. The van der Waals surface area contributed by atoms with Gasteiger partial charge in [0.15, 0.2) is 0 Å². The van der Waals surface area contributed by atoms with Gasteiger partial charge in [-0.25, -0.2) is 0 Å². The lowest BCUT2D eigenvalue weighted by Crippen LogP contribution is -2.23. The second-order valence-electron chi connectivity index (χ2n) is 7.49. The van der Waals surface area contributed by atoms with Crippen LogP contribution < -0.4 is 4.90 Å². The SMILES string of the molecule is Cc1cnc2c(c1)C(c1cncc(-c3ccc(N4CCCC4=O)cc3)c1)=CC2. The molecule has 28 heavy (non-hydrogen) atoms. The van der Waals surface area contributed by atoms with Gasteiger partial charge in [-0.1, -0.05) is 18.2 Å². The number of anilines is 1. The lowest BCUT2D eigenvalue weighted by molar-refractivity contribution is -0.117. The highest BCUT2D eigenvalue weighted by Gasteiger charge is 2.21. The van der Waals surface area contributed by atoms with E-state index in [0.29, 0.717) is 6.42 Å². The number of aryl methyl sites for hydroxylation is 1. The molecule has 2 aliphatic rings. The molecule has 138 valence electrons. The maximum absolute atomic E-state index is 12.0. The van der Waals surface area contributed by atoms with Gasteiger partial charge in [0.2, 0.25) is 5.91 Å². The first-order valence-electron chi connectivity index (χ1n) is 9.71. The number of benzene rings is 1. The van der Waals surface area contributed by atoms with Crippen molar-refractivity contribution in [2.24, 2.45) is 0 Å². The molecule has 0 N–H and O–H groups in total. The molecule has 0 radical (unpaired) electrons. The molecule has 3 heterocycles. The van der Waals surface area contributed by atoms with Crippen molar-refractivity contribution in [2.75, 3.05) is 11.4 Å². The summed E-state index contributed by atoms with van der Waals surface area (Å²) in [5.74, 6) is 0.215. The average molecular weight is 367 g/mol. The number of nitrogens with zero attached hydrogens (tertiary/aromatic N) is 3. The van der Waals surface area contributed by atoms with Crippen LogP contribution in [0.3, 0.4) is 0 Å². The van der Waals surface area contributed by atoms with Crippen molar-refractivity contribution in [2.45, 2.75) is 26.2 Å². The van der Waals surface area contributed by atoms with Gasteiger partial charge in [-0.3, -0.25) is 14.8 Å². The number of allylic oxidation sites excluding steroid dienone is 1. The van der Waals surface area contributed by atoms with Crippen LogP contribution in [0.1, 0.15) is 35.2 Å². The van der Waals surface area contributed by atoms with E-state index >= 15 is 0 Å². The van der Waals surface area contributed by atoms with Gasteiger partial charge in [-0.05, 0) is 54.3 Å². The fourth-order valence-corrected chi connectivity index (χ4v) is 4.08. The molecule has 4 nitrogen and oxygen atoms in total. The van der Waals surface area contributed by atoms with Crippen LogP contribution >= 0.6 is 0 Å². The summed E-state index contributed by atoms with van der Waals surface area (Å²) in [5, 5.41) is 0. The first-order chi connectivity index (χ1) is 13.7. The van der Waals surface area contributed by atoms with Crippen LogP contribution in [0.2, 0.25) is 0 Å². The molecule has 4 heteroatoms. The summed E-state index contributed by atoms with van der Waals surface area (Å²) in [4.78, 5) is 22.9. The molecule has 1 fully saturated rings. The van der Waals surface area contributed by atoms with Crippen molar-refractivity contribution >= 4 is 17.2 Å². The molecule has 1 saturated heterocycles. The Morgan fingerprint density at radius 3 is 2.57 bits per heavy atom. The topological polar surface area (TPSA) is 46.1 Å². The van der Waals surface area contributed by atoms with Crippen LogP contribution in [0, 0.1) is 6.92 Å². The standard InChI is InChI=1S/C24H21N3O/c1-16-11-22-21(8-9-23(22)26-13-16)19-12-18(14-25-15-19)17-4-6-20(7-5-17)27-10-2-3-24(27)28/h4-8,11-15H,2-3,9-10H2,1H3. The van der Waals surface area contributed by atoms with E-state index in [1.807, 2.05) is 35.6 Å². The third kappa shape index (κ3) is 2.91. The van der Waals surface area contributed by atoms with Crippen LogP contribution in [-0.2, 0) is 11.2 Å². The molecule has 1 aromatic carbocycles. The van der Waals surface area contributed by atoms with Gasteiger partial charge in [0.05, 0.1) is 5.69 Å². The first-order valence-corrected chi connectivity index (χ1v) is 9.71. The Bertz CT molecular complexity index is 1100. The van der Waals surface area contributed by atoms with Crippen LogP contribution in [0.5, 0.6) is 0 Å². The van der Waals surface area contributed by atoms with Crippen molar-refractivity contribution in [1.82, 2.24) is 9.97 Å².